The molecular formula is C10H10N4. The molecule has 0 amide bonds. The number of aromatic nitrogens is 2. The van der Waals surface area contributed by atoms with Crippen molar-refractivity contribution in [2.45, 2.75) is 0 Å². The van der Waals surface area contributed by atoms with Gasteiger partial charge in [0.1, 0.15) is 5.82 Å². The van der Waals surface area contributed by atoms with Crippen molar-refractivity contribution in [3.8, 4) is 0 Å². The number of nitrogens with one attached hydrogen (secondary N) is 1. The lowest BCUT2D eigenvalue weighted by molar-refractivity contribution is 1.31. The predicted octanol–water partition coefficient (Wildman–Crippen LogP) is 1.80. The van der Waals surface area contributed by atoms with Gasteiger partial charge in [0.25, 0.3) is 0 Å². The molecule has 2 aromatic heterocycles. The maximum absolute atomic E-state index is 5.47. The highest BCUT2D eigenvalue weighted by molar-refractivity contribution is 5.58. The summed E-state index contributed by atoms with van der Waals surface area (Å²) in [6, 6.07) is 7.40. The first kappa shape index (κ1) is 8.50. The third kappa shape index (κ3) is 1.98. The first-order valence-electron chi connectivity index (χ1n) is 4.23. The average Bonchev–Trinajstić information content (AvgIpc) is 2.23. The molecule has 0 aliphatic rings. The summed E-state index contributed by atoms with van der Waals surface area (Å²) in [5.41, 5.74) is 7.36. The summed E-state index contributed by atoms with van der Waals surface area (Å²) < 4.78 is 0. The Morgan fingerprint density at radius 2 is 1.79 bits per heavy atom. The maximum Gasteiger partial charge on any atom is 0.123 e. The molecule has 0 fully saturated rings. The van der Waals surface area contributed by atoms with E-state index in [0.717, 1.165) is 11.4 Å². The average molecular weight is 186 g/mol. The topological polar surface area (TPSA) is 63.8 Å². The second kappa shape index (κ2) is 3.74. The molecule has 0 aromatic carbocycles. The first-order valence-corrected chi connectivity index (χ1v) is 4.23. The zero-order valence-corrected chi connectivity index (χ0v) is 7.51. The zero-order chi connectivity index (χ0) is 9.80. The Morgan fingerprint density at radius 3 is 2.43 bits per heavy atom. The van der Waals surface area contributed by atoms with Gasteiger partial charge in [-0.1, -0.05) is 0 Å². The van der Waals surface area contributed by atoms with Crippen LogP contribution in [-0.4, -0.2) is 9.97 Å². The SMILES string of the molecule is Nc1ccc(Nc2ccncc2)cn1. The van der Waals surface area contributed by atoms with Gasteiger partial charge in [-0.15, -0.1) is 0 Å². The fraction of sp³-hybridized carbons (Fsp3) is 0. The van der Waals surface area contributed by atoms with Gasteiger partial charge in [0.15, 0.2) is 0 Å². The minimum Gasteiger partial charge on any atom is -0.384 e. The van der Waals surface area contributed by atoms with Gasteiger partial charge < -0.3 is 11.1 Å². The molecule has 70 valence electrons. The molecule has 4 nitrogen and oxygen atoms in total. The summed E-state index contributed by atoms with van der Waals surface area (Å²) in [4.78, 5) is 7.90. The van der Waals surface area contributed by atoms with Crippen molar-refractivity contribution in [2.24, 2.45) is 0 Å². The molecule has 0 saturated carbocycles. The minimum absolute atomic E-state index is 0.519. The Bertz CT molecular complexity index is 396. The van der Waals surface area contributed by atoms with E-state index in [1.54, 1.807) is 24.7 Å². The molecule has 0 spiro atoms. The van der Waals surface area contributed by atoms with Crippen LogP contribution in [0.15, 0.2) is 42.9 Å². The second-order valence-corrected chi connectivity index (χ2v) is 2.83. The molecule has 4 heteroatoms. The van der Waals surface area contributed by atoms with E-state index in [1.165, 1.54) is 0 Å². The second-order valence-electron chi connectivity index (χ2n) is 2.83. The number of nitrogens with two attached hydrogens (primary N) is 1. The monoisotopic (exact) mass is 186 g/mol. The van der Waals surface area contributed by atoms with Crippen molar-refractivity contribution in [1.29, 1.82) is 0 Å². The number of nitrogens with zero attached hydrogens (tertiary/aromatic N) is 2. The Morgan fingerprint density at radius 1 is 1.00 bits per heavy atom. The molecule has 0 atom stereocenters. The predicted molar refractivity (Wildman–Crippen MR) is 56.2 cm³/mol. The van der Waals surface area contributed by atoms with Crippen molar-refractivity contribution >= 4 is 17.2 Å². The van der Waals surface area contributed by atoms with E-state index < -0.39 is 0 Å². The van der Waals surface area contributed by atoms with E-state index in [9.17, 15) is 0 Å². The third-order valence-corrected chi connectivity index (χ3v) is 1.76. The largest absolute Gasteiger partial charge is 0.384 e. The summed E-state index contributed by atoms with van der Waals surface area (Å²) in [5, 5.41) is 3.17. The molecule has 14 heavy (non-hydrogen) atoms. The summed E-state index contributed by atoms with van der Waals surface area (Å²) in [7, 11) is 0. The summed E-state index contributed by atoms with van der Waals surface area (Å²) in [5.74, 6) is 0.519. The molecule has 0 unspecified atom stereocenters. The van der Waals surface area contributed by atoms with Crippen molar-refractivity contribution in [2.75, 3.05) is 11.1 Å². The molecular weight excluding hydrogens is 176 g/mol. The van der Waals surface area contributed by atoms with Gasteiger partial charge in [0.2, 0.25) is 0 Å². The van der Waals surface area contributed by atoms with Crippen LogP contribution in [0.1, 0.15) is 0 Å². The lowest BCUT2D eigenvalue weighted by Crippen LogP contribution is -1.93. The smallest absolute Gasteiger partial charge is 0.123 e. The summed E-state index contributed by atoms with van der Waals surface area (Å²) in [6.45, 7) is 0. The fourth-order valence-corrected chi connectivity index (χ4v) is 1.08. The van der Waals surface area contributed by atoms with E-state index >= 15 is 0 Å². The van der Waals surface area contributed by atoms with Crippen molar-refractivity contribution < 1.29 is 0 Å². The fourth-order valence-electron chi connectivity index (χ4n) is 1.08. The number of anilines is 3. The van der Waals surface area contributed by atoms with Crippen LogP contribution in [0.25, 0.3) is 0 Å². The van der Waals surface area contributed by atoms with E-state index in [0.29, 0.717) is 5.82 Å². The van der Waals surface area contributed by atoms with Crippen LogP contribution in [0.3, 0.4) is 0 Å². The number of rotatable bonds is 2. The highest BCUT2D eigenvalue weighted by Gasteiger charge is 1.93. The van der Waals surface area contributed by atoms with Crippen molar-refractivity contribution in [3.63, 3.8) is 0 Å². The number of hydrogen-bond acceptors (Lipinski definition) is 4. The molecule has 0 saturated heterocycles. The van der Waals surface area contributed by atoms with E-state index in [2.05, 4.69) is 15.3 Å². The Kier molecular flexibility index (Phi) is 2.27. The van der Waals surface area contributed by atoms with Crippen LogP contribution >= 0.6 is 0 Å². The van der Waals surface area contributed by atoms with Crippen LogP contribution < -0.4 is 11.1 Å². The standard InChI is InChI=1S/C10H10N4/c11-10-2-1-9(7-13-10)14-8-3-5-12-6-4-8/h1-7H,(H2,11,13)(H,12,14). The Hall–Kier alpha value is -2.10. The highest BCUT2D eigenvalue weighted by Crippen LogP contribution is 2.14. The molecule has 0 radical (unpaired) electrons. The lowest BCUT2D eigenvalue weighted by Gasteiger charge is -2.04. The van der Waals surface area contributed by atoms with Crippen LogP contribution in [0.5, 0.6) is 0 Å². The normalized spacial score (nSPS) is 9.71. The molecule has 0 aliphatic heterocycles. The van der Waals surface area contributed by atoms with Crippen molar-refractivity contribution in [1.82, 2.24) is 9.97 Å². The van der Waals surface area contributed by atoms with Crippen molar-refractivity contribution in [3.05, 3.63) is 42.9 Å². The van der Waals surface area contributed by atoms with E-state index in [-0.39, 0.29) is 0 Å². The molecule has 3 N–H and O–H groups in total. The number of nitrogen functional groups attached to an aromatic ring is 1. The van der Waals surface area contributed by atoms with Gasteiger partial charge in [-0.2, -0.15) is 0 Å². The Labute approximate surface area is 81.8 Å². The maximum atomic E-state index is 5.47. The molecule has 2 rings (SSSR count). The van der Waals surface area contributed by atoms with Gasteiger partial charge in [0, 0.05) is 18.1 Å². The molecule has 0 bridgehead atoms. The van der Waals surface area contributed by atoms with Crippen LogP contribution in [0.2, 0.25) is 0 Å². The summed E-state index contributed by atoms with van der Waals surface area (Å²) >= 11 is 0. The molecule has 2 heterocycles. The van der Waals surface area contributed by atoms with Gasteiger partial charge in [-0.25, -0.2) is 4.98 Å². The van der Waals surface area contributed by atoms with Crippen LogP contribution in [0.4, 0.5) is 17.2 Å². The van der Waals surface area contributed by atoms with Gasteiger partial charge in [-0.3, -0.25) is 4.98 Å². The Balaban J connectivity index is 2.16. The summed E-state index contributed by atoms with van der Waals surface area (Å²) in [6.07, 6.45) is 5.15. The van der Waals surface area contributed by atoms with E-state index in [1.807, 2.05) is 18.2 Å². The molecule has 0 aliphatic carbocycles. The van der Waals surface area contributed by atoms with Crippen LogP contribution in [0, 0.1) is 0 Å². The van der Waals surface area contributed by atoms with Crippen LogP contribution in [-0.2, 0) is 0 Å². The third-order valence-electron chi connectivity index (χ3n) is 1.76. The highest BCUT2D eigenvalue weighted by atomic mass is 14.9. The van der Waals surface area contributed by atoms with E-state index in [4.69, 9.17) is 5.73 Å². The quantitative estimate of drug-likeness (QED) is 0.750. The minimum atomic E-state index is 0.519. The number of hydrogen-bond donors (Lipinski definition) is 2. The number of pyridine rings is 2. The lowest BCUT2D eigenvalue weighted by atomic mass is 10.3. The molecule has 2 aromatic rings. The van der Waals surface area contributed by atoms with Gasteiger partial charge >= 0.3 is 0 Å². The van der Waals surface area contributed by atoms with Gasteiger partial charge in [0.05, 0.1) is 11.9 Å². The first-order chi connectivity index (χ1) is 6.84. The zero-order valence-electron chi connectivity index (χ0n) is 7.51. The van der Waals surface area contributed by atoms with Gasteiger partial charge in [-0.05, 0) is 24.3 Å².